The van der Waals surface area contributed by atoms with E-state index in [9.17, 15) is 19.2 Å². The maximum Gasteiger partial charge on any atom is 0.322 e. The Morgan fingerprint density at radius 2 is 1.00 bits per heavy atom. The first-order valence-corrected chi connectivity index (χ1v) is 15.3. The van der Waals surface area contributed by atoms with Crippen LogP contribution >= 0.6 is 47.8 Å². The third-order valence-corrected chi connectivity index (χ3v) is 6.01. The molecule has 0 unspecified atom stereocenters. The number of ketones is 1. The van der Waals surface area contributed by atoms with Crippen LogP contribution in [-0.2, 0) is 47.6 Å². The molecule has 11 nitrogen and oxygen atoms in total. The average molecular weight is 770 g/mol. The van der Waals surface area contributed by atoms with Gasteiger partial charge in [-0.15, -0.1) is 0 Å². The lowest BCUT2D eigenvalue weighted by Gasteiger charge is -2.34. The van der Waals surface area contributed by atoms with Gasteiger partial charge in [-0.2, -0.15) is 0 Å². The number of nitrogens with two attached hydrogens (primary N) is 1. The van der Waals surface area contributed by atoms with Crippen molar-refractivity contribution >= 4 is 71.5 Å². The summed E-state index contributed by atoms with van der Waals surface area (Å²) in [5, 5.41) is 0. The van der Waals surface area contributed by atoms with E-state index in [4.69, 9.17) is 34.2 Å². The van der Waals surface area contributed by atoms with E-state index >= 15 is 0 Å². The molecule has 0 aliphatic heterocycles. The van der Waals surface area contributed by atoms with Gasteiger partial charge in [0.2, 0.25) is 0 Å². The molecule has 0 spiro atoms. The fraction of sp³-hybridized carbons (Fsp3) is 0.846. The van der Waals surface area contributed by atoms with Crippen molar-refractivity contribution in [1.82, 2.24) is 0 Å². The fourth-order valence-corrected chi connectivity index (χ4v) is 2.99. The maximum atomic E-state index is 12.5. The van der Waals surface area contributed by atoms with Gasteiger partial charge in [0.1, 0.15) is 39.4 Å². The molecule has 0 aromatic carbocycles. The average Bonchev–Trinajstić information content (AvgIpc) is 2.83. The molecule has 0 atom stereocenters. The van der Waals surface area contributed by atoms with Crippen molar-refractivity contribution in [2.24, 2.45) is 11.1 Å². The normalized spacial score (nSPS) is 12.7. The Balaban J connectivity index is 5.39. The zero-order valence-corrected chi connectivity index (χ0v) is 29.0. The molecule has 0 rings (SSSR count). The Hall–Kier alpha value is -0.640. The predicted molar refractivity (Wildman–Crippen MR) is 160 cm³/mol. The maximum absolute atomic E-state index is 12.5. The monoisotopic (exact) mass is 767 g/mol. The highest BCUT2D eigenvalue weighted by Crippen LogP contribution is 2.27. The number of hydrogen-bond acceptors (Lipinski definition) is 11. The molecule has 0 aliphatic rings. The van der Waals surface area contributed by atoms with Crippen LogP contribution in [0.25, 0.3) is 0 Å². The minimum absolute atomic E-state index is 0.173. The minimum Gasteiger partial charge on any atom is -0.464 e. The van der Waals surface area contributed by atoms with Gasteiger partial charge in [-0.3, -0.25) is 19.2 Å². The Kier molecular flexibility index (Phi) is 18.5. The summed E-state index contributed by atoms with van der Waals surface area (Å²) in [5.41, 5.74) is 4.06. The van der Waals surface area contributed by atoms with Crippen LogP contribution < -0.4 is 5.73 Å². The SMILES string of the molecule is CC(C)(Br)C(=O)OCC(COCC(=O)CCCOCCOCCN)(COC(=O)C(C)(C)Br)COC(=O)C(C)(C)Br. The summed E-state index contributed by atoms with van der Waals surface area (Å²) in [4.78, 5) is 49.9. The van der Waals surface area contributed by atoms with E-state index in [0.717, 1.165) is 0 Å². The molecule has 0 amide bonds. The number of alkyl halides is 3. The summed E-state index contributed by atoms with van der Waals surface area (Å²) < 4.78 is 29.9. The Morgan fingerprint density at radius 3 is 1.38 bits per heavy atom. The molecule has 2 N–H and O–H groups in total. The number of carbonyl (C=O) groups excluding carboxylic acids is 4. The highest BCUT2D eigenvalue weighted by Gasteiger charge is 2.40. The molecule has 14 heteroatoms. The standard InChI is InChI=1S/C26H44Br3NO10/c1-23(2,27)20(32)38-16-26(17-39-21(33)24(3,4)28,18-40-22(34)25(5,6)29)15-37-14-19(31)8-7-10-35-12-13-36-11-9-30/h7-18,30H2,1-6H3. The molecular formula is C26H44Br3NO10. The summed E-state index contributed by atoms with van der Waals surface area (Å²) in [6, 6.07) is 0. The third kappa shape index (κ3) is 18.0. The minimum atomic E-state index is -1.29. The Bertz CT molecular complexity index is 730. The van der Waals surface area contributed by atoms with Crippen LogP contribution in [0.15, 0.2) is 0 Å². The van der Waals surface area contributed by atoms with Crippen molar-refractivity contribution < 1.29 is 47.6 Å². The van der Waals surface area contributed by atoms with Crippen LogP contribution in [0.5, 0.6) is 0 Å². The lowest BCUT2D eigenvalue weighted by atomic mass is 9.91. The zero-order chi connectivity index (χ0) is 31.0. The number of esters is 3. The summed E-state index contributed by atoms with van der Waals surface area (Å²) in [6.07, 6.45) is 0.723. The van der Waals surface area contributed by atoms with Gasteiger partial charge < -0.3 is 34.2 Å². The van der Waals surface area contributed by atoms with Crippen LogP contribution in [0.2, 0.25) is 0 Å². The smallest absolute Gasteiger partial charge is 0.322 e. The van der Waals surface area contributed by atoms with E-state index in [1.807, 2.05) is 0 Å². The van der Waals surface area contributed by atoms with E-state index in [1.54, 1.807) is 41.5 Å². The van der Waals surface area contributed by atoms with Crippen molar-refractivity contribution in [3.63, 3.8) is 0 Å². The number of ether oxygens (including phenoxy) is 6. The van der Waals surface area contributed by atoms with Crippen LogP contribution in [0.4, 0.5) is 0 Å². The molecule has 0 aliphatic carbocycles. The van der Waals surface area contributed by atoms with Crippen LogP contribution in [0.3, 0.4) is 0 Å². The Labute approximate surface area is 262 Å². The summed E-state index contributed by atoms with van der Waals surface area (Å²) >= 11 is 9.76. The second-order valence-corrected chi connectivity index (χ2v) is 16.7. The first-order chi connectivity index (χ1) is 18.3. The third-order valence-electron chi connectivity index (χ3n) is 5.03. The van der Waals surface area contributed by atoms with Gasteiger partial charge in [0.25, 0.3) is 0 Å². The first kappa shape index (κ1) is 39.4. The summed E-state index contributed by atoms with van der Waals surface area (Å²) in [7, 11) is 0. The topological polar surface area (TPSA) is 150 Å². The van der Waals surface area contributed by atoms with Crippen molar-refractivity contribution in [3.8, 4) is 0 Å². The molecule has 0 heterocycles. The first-order valence-electron chi connectivity index (χ1n) is 12.9. The van der Waals surface area contributed by atoms with E-state index in [0.29, 0.717) is 39.4 Å². The number of rotatable bonds is 22. The number of Topliss-reactive ketones (excluding diaryl/α,β-unsaturated/α-hetero) is 1. The van der Waals surface area contributed by atoms with Crippen molar-refractivity contribution in [3.05, 3.63) is 0 Å². The highest BCUT2D eigenvalue weighted by molar-refractivity contribution is 9.10. The molecule has 0 saturated heterocycles. The van der Waals surface area contributed by atoms with E-state index in [1.165, 1.54) is 0 Å². The quantitative estimate of drug-likeness (QED) is 0.0747. The van der Waals surface area contributed by atoms with Crippen LogP contribution in [-0.4, -0.2) is 103 Å². The predicted octanol–water partition coefficient (Wildman–Crippen LogP) is 3.48. The summed E-state index contributed by atoms with van der Waals surface area (Å²) in [5.74, 6) is -1.92. The fourth-order valence-electron chi connectivity index (χ4n) is 2.65. The van der Waals surface area contributed by atoms with E-state index in [-0.39, 0.29) is 45.2 Å². The van der Waals surface area contributed by atoms with Crippen LogP contribution in [0, 0.1) is 5.41 Å². The lowest BCUT2D eigenvalue weighted by Crippen LogP contribution is -2.46. The second-order valence-electron chi connectivity index (χ2n) is 10.8. The second kappa shape index (κ2) is 18.8. The molecule has 0 radical (unpaired) electrons. The molecule has 234 valence electrons. The van der Waals surface area contributed by atoms with Gasteiger partial charge in [0, 0.05) is 19.6 Å². The van der Waals surface area contributed by atoms with Gasteiger partial charge in [-0.25, -0.2) is 0 Å². The Morgan fingerprint density at radius 1 is 0.600 bits per heavy atom. The molecule has 0 saturated carbocycles. The van der Waals surface area contributed by atoms with E-state index < -0.39 is 36.3 Å². The molecule has 40 heavy (non-hydrogen) atoms. The lowest BCUT2D eigenvalue weighted by molar-refractivity contribution is -0.170. The van der Waals surface area contributed by atoms with Gasteiger partial charge in [-0.1, -0.05) is 47.8 Å². The van der Waals surface area contributed by atoms with Gasteiger partial charge in [-0.05, 0) is 48.0 Å². The molecule has 0 aromatic heterocycles. The largest absolute Gasteiger partial charge is 0.464 e. The van der Waals surface area contributed by atoms with Crippen molar-refractivity contribution in [2.45, 2.75) is 67.4 Å². The molecule has 0 aromatic rings. The summed E-state index contributed by atoms with van der Waals surface area (Å²) in [6.45, 7) is 10.5. The van der Waals surface area contributed by atoms with Crippen molar-refractivity contribution in [1.29, 1.82) is 0 Å². The van der Waals surface area contributed by atoms with Crippen molar-refractivity contribution in [2.75, 3.05) is 66.0 Å². The number of halogens is 3. The number of carbonyl (C=O) groups is 4. The zero-order valence-electron chi connectivity index (χ0n) is 24.3. The molecular weight excluding hydrogens is 726 g/mol. The molecule has 0 bridgehead atoms. The van der Waals surface area contributed by atoms with Gasteiger partial charge in [0.15, 0.2) is 5.78 Å². The van der Waals surface area contributed by atoms with Crippen LogP contribution in [0.1, 0.15) is 54.4 Å². The van der Waals surface area contributed by atoms with Gasteiger partial charge in [0.05, 0.1) is 31.8 Å². The molecule has 0 fully saturated rings. The van der Waals surface area contributed by atoms with E-state index in [2.05, 4.69) is 47.8 Å². The van der Waals surface area contributed by atoms with Gasteiger partial charge >= 0.3 is 17.9 Å². The highest BCUT2D eigenvalue weighted by atomic mass is 79.9. The number of hydrogen-bond donors (Lipinski definition) is 1.